The van der Waals surface area contributed by atoms with E-state index in [1.54, 1.807) is 6.92 Å². The Kier molecular flexibility index (Phi) is 36.1. The van der Waals surface area contributed by atoms with Gasteiger partial charge in [-0.05, 0) is 19.8 Å². The fourth-order valence-corrected chi connectivity index (χ4v) is 6.86. The molecule has 9 heteroatoms. The van der Waals surface area contributed by atoms with E-state index in [0.717, 1.165) is 38.5 Å². The third-order valence-electron chi connectivity index (χ3n) is 9.16. The molecule has 0 aromatic heterocycles. The van der Waals surface area contributed by atoms with Gasteiger partial charge in [-0.2, -0.15) is 0 Å². The maximum absolute atomic E-state index is 12.5. The molecule has 0 saturated heterocycles. The molecule has 292 valence electrons. The standard InChI is InChI=1S/C40H79O8P/c1-4-7-9-11-13-15-17-19-20-21-22-23-25-27-29-31-33-35-40(42)48-38(37-47-49(43,44)46-6-3)36-45-39(41)34-32-30-28-26-24-18-16-14-12-10-8-5-2/h38H,4-37H2,1-3H3,(H,43,44). The first-order valence-corrected chi connectivity index (χ1v) is 22.3. The van der Waals surface area contributed by atoms with Gasteiger partial charge in [0.2, 0.25) is 0 Å². The molecule has 0 aromatic rings. The lowest BCUT2D eigenvalue weighted by molar-refractivity contribution is -0.161. The molecule has 1 N–H and O–H groups in total. The molecule has 2 atom stereocenters. The minimum Gasteiger partial charge on any atom is -0.462 e. The Balaban J connectivity index is 4.04. The molecule has 0 spiro atoms. The van der Waals surface area contributed by atoms with Crippen molar-refractivity contribution >= 4 is 19.8 Å². The van der Waals surface area contributed by atoms with Crippen LogP contribution in [0.2, 0.25) is 0 Å². The summed E-state index contributed by atoms with van der Waals surface area (Å²) in [5.41, 5.74) is 0. The van der Waals surface area contributed by atoms with E-state index in [9.17, 15) is 19.0 Å². The predicted octanol–water partition coefficient (Wildman–Crippen LogP) is 12.7. The number of unbranched alkanes of at least 4 members (excludes halogenated alkanes) is 27. The van der Waals surface area contributed by atoms with Gasteiger partial charge in [0.05, 0.1) is 13.2 Å². The Bertz CT molecular complexity index is 777. The van der Waals surface area contributed by atoms with Crippen LogP contribution in [0.5, 0.6) is 0 Å². The molecule has 0 fully saturated rings. The van der Waals surface area contributed by atoms with Gasteiger partial charge < -0.3 is 14.4 Å². The van der Waals surface area contributed by atoms with E-state index in [0.29, 0.717) is 6.42 Å². The minimum absolute atomic E-state index is 0.00553. The van der Waals surface area contributed by atoms with Gasteiger partial charge in [-0.15, -0.1) is 0 Å². The molecule has 0 aromatic carbocycles. The number of rotatable bonds is 39. The van der Waals surface area contributed by atoms with Gasteiger partial charge in [-0.3, -0.25) is 18.6 Å². The van der Waals surface area contributed by atoms with E-state index < -0.39 is 19.9 Å². The summed E-state index contributed by atoms with van der Waals surface area (Å²) >= 11 is 0. The summed E-state index contributed by atoms with van der Waals surface area (Å²) in [6, 6.07) is 0. The topological polar surface area (TPSA) is 108 Å². The zero-order valence-corrected chi connectivity index (χ0v) is 33.3. The molecule has 0 heterocycles. The molecule has 0 bridgehead atoms. The Morgan fingerprint density at radius 2 is 0.796 bits per heavy atom. The molecule has 0 rings (SSSR count). The second-order valence-corrected chi connectivity index (χ2v) is 15.5. The number of carbonyl (C=O) groups is 2. The highest BCUT2D eigenvalue weighted by molar-refractivity contribution is 7.47. The first-order chi connectivity index (χ1) is 23.8. The van der Waals surface area contributed by atoms with Gasteiger partial charge in [0.15, 0.2) is 6.10 Å². The Morgan fingerprint density at radius 1 is 0.469 bits per heavy atom. The van der Waals surface area contributed by atoms with E-state index in [4.69, 9.17) is 18.5 Å². The first kappa shape index (κ1) is 48.0. The van der Waals surface area contributed by atoms with Gasteiger partial charge >= 0.3 is 19.8 Å². The Labute approximate surface area is 302 Å². The van der Waals surface area contributed by atoms with Gasteiger partial charge in [-0.25, -0.2) is 4.57 Å². The Hall–Kier alpha value is -0.950. The Morgan fingerprint density at radius 3 is 1.14 bits per heavy atom. The molecular weight excluding hydrogens is 639 g/mol. The number of carbonyl (C=O) groups excluding carboxylic acids is 2. The third-order valence-corrected chi connectivity index (χ3v) is 10.2. The number of ether oxygens (including phenoxy) is 2. The van der Waals surface area contributed by atoms with Gasteiger partial charge in [0.1, 0.15) is 6.61 Å². The van der Waals surface area contributed by atoms with Crippen molar-refractivity contribution in [2.45, 2.75) is 226 Å². The lowest BCUT2D eigenvalue weighted by Gasteiger charge is -2.19. The number of phosphoric ester groups is 1. The molecule has 0 aliphatic rings. The summed E-state index contributed by atoms with van der Waals surface area (Å²) in [5, 5.41) is 0. The van der Waals surface area contributed by atoms with E-state index >= 15 is 0 Å². The van der Waals surface area contributed by atoms with Crippen molar-refractivity contribution in [1.82, 2.24) is 0 Å². The van der Waals surface area contributed by atoms with Crippen molar-refractivity contribution in [1.29, 1.82) is 0 Å². The molecular formula is C40H79O8P. The van der Waals surface area contributed by atoms with E-state index in [1.807, 2.05) is 0 Å². The summed E-state index contributed by atoms with van der Waals surface area (Å²) in [7, 11) is -4.27. The smallest absolute Gasteiger partial charge is 0.462 e. The molecule has 49 heavy (non-hydrogen) atoms. The van der Waals surface area contributed by atoms with E-state index in [-0.39, 0.29) is 32.2 Å². The average molecular weight is 719 g/mol. The zero-order valence-electron chi connectivity index (χ0n) is 32.4. The molecule has 0 aliphatic carbocycles. The largest absolute Gasteiger partial charge is 0.472 e. The number of phosphoric acid groups is 1. The van der Waals surface area contributed by atoms with Crippen LogP contribution < -0.4 is 0 Å². The van der Waals surface area contributed by atoms with Crippen LogP contribution in [0.4, 0.5) is 0 Å². The highest BCUT2D eigenvalue weighted by Gasteiger charge is 2.25. The normalized spacial score (nSPS) is 13.3. The molecule has 2 unspecified atom stereocenters. The maximum Gasteiger partial charge on any atom is 0.472 e. The van der Waals surface area contributed by atoms with Crippen molar-refractivity contribution < 1.29 is 37.6 Å². The molecule has 0 radical (unpaired) electrons. The van der Waals surface area contributed by atoms with Crippen LogP contribution in [-0.2, 0) is 32.7 Å². The first-order valence-electron chi connectivity index (χ1n) is 20.8. The van der Waals surface area contributed by atoms with Crippen molar-refractivity contribution in [2.24, 2.45) is 0 Å². The fraction of sp³-hybridized carbons (Fsp3) is 0.950. The van der Waals surface area contributed by atoms with Crippen molar-refractivity contribution in [3.8, 4) is 0 Å². The van der Waals surface area contributed by atoms with Gasteiger partial charge in [0.25, 0.3) is 0 Å². The van der Waals surface area contributed by atoms with E-state index in [2.05, 4.69) is 13.8 Å². The summed E-state index contributed by atoms with van der Waals surface area (Å²) < 4.78 is 32.6. The van der Waals surface area contributed by atoms with E-state index in [1.165, 1.54) is 148 Å². The quantitative estimate of drug-likeness (QED) is 0.0380. The lowest BCUT2D eigenvalue weighted by Crippen LogP contribution is -2.29. The second kappa shape index (κ2) is 36.8. The van der Waals surface area contributed by atoms with Crippen LogP contribution in [0, 0.1) is 0 Å². The van der Waals surface area contributed by atoms with Crippen LogP contribution in [0.15, 0.2) is 0 Å². The summed E-state index contributed by atoms with van der Waals surface area (Å²) in [5.74, 6) is -0.783. The van der Waals surface area contributed by atoms with Crippen molar-refractivity contribution in [2.75, 3.05) is 19.8 Å². The van der Waals surface area contributed by atoms with Crippen LogP contribution in [0.3, 0.4) is 0 Å². The van der Waals surface area contributed by atoms with Gasteiger partial charge in [0, 0.05) is 12.8 Å². The van der Waals surface area contributed by atoms with Crippen LogP contribution >= 0.6 is 7.82 Å². The fourth-order valence-electron chi connectivity index (χ4n) is 6.10. The maximum atomic E-state index is 12.5. The van der Waals surface area contributed by atoms with Crippen molar-refractivity contribution in [3.63, 3.8) is 0 Å². The third kappa shape index (κ3) is 36.6. The average Bonchev–Trinajstić information content (AvgIpc) is 3.07. The molecule has 0 aliphatic heterocycles. The summed E-state index contributed by atoms with van der Waals surface area (Å²) in [4.78, 5) is 34.6. The molecule has 0 amide bonds. The van der Waals surface area contributed by atoms with Crippen LogP contribution in [0.1, 0.15) is 220 Å². The lowest BCUT2D eigenvalue weighted by atomic mass is 10.0. The van der Waals surface area contributed by atoms with Gasteiger partial charge in [-0.1, -0.05) is 187 Å². The second-order valence-electron chi connectivity index (χ2n) is 14.0. The molecule has 0 saturated carbocycles. The minimum atomic E-state index is -4.27. The monoisotopic (exact) mass is 719 g/mol. The highest BCUT2D eigenvalue weighted by atomic mass is 31.2. The number of hydrogen-bond acceptors (Lipinski definition) is 7. The summed E-state index contributed by atoms with van der Waals surface area (Å²) in [6.07, 6.45) is 35.8. The SMILES string of the molecule is CCCCCCCCCCCCCCCCCCCC(=O)OC(COC(=O)CCCCCCCCCCCCCC)COP(=O)(O)OCC. The highest BCUT2D eigenvalue weighted by Crippen LogP contribution is 2.43. The summed E-state index contributed by atoms with van der Waals surface area (Å²) in [6.45, 7) is 5.50. The molecule has 8 nitrogen and oxygen atoms in total. The predicted molar refractivity (Wildman–Crippen MR) is 203 cm³/mol. The number of hydrogen-bond donors (Lipinski definition) is 1. The zero-order chi connectivity index (χ0) is 36.1. The van der Waals surface area contributed by atoms with Crippen LogP contribution in [0.25, 0.3) is 0 Å². The number of esters is 2. The van der Waals surface area contributed by atoms with Crippen molar-refractivity contribution in [3.05, 3.63) is 0 Å². The van der Waals surface area contributed by atoms with Crippen LogP contribution in [-0.4, -0.2) is 42.8 Å².